The molecule has 2 aromatic rings. The van der Waals surface area contributed by atoms with Crippen LogP contribution in [0.1, 0.15) is 16.1 Å². The predicted molar refractivity (Wildman–Crippen MR) is 70.2 cm³/mol. The quantitative estimate of drug-likeness (QED) is 0.894. The fourth-order valence-corrected chi connectivity index (χ4v) is 2.15. The molecule has 1 aromatic heterocycles. The molecular formula is C14H12N2O3. The summed E-state index contributed by atoms with van der Waals surface area (Å²) in [5.74, 6) is 0.0147. The first-order chi connectivity index (χ1) is 9.15. The van der Waals surface area contributed by atoms with E-state index in [0.717, 1.165) is 11.3 Å². The van der Waals surface area contributed by atoms with E-state index >= 15 is 0 Å². The summed E-state index contributed by atoms with van der Waals surface area (Å²) in [5, 5.41) is 2.74. The number of carbonyl (C=O) groups excluding carboxylic acids is 2. The summed E-state index contributed by atoms with van der Waals surface area (Å²) in [6.07, 6.45) is 1.82. The third-order valence-corrected chi connectivity index (χ3v) is 3.16. The highest BCUT2D eigenvalue weighted by Crippen LogP contribution is 2.30. The smallest absolute Gasteiger partial charge is 0.291 e. The number of anilines is 2. The van der Waals surface area contributed by atoms with Crippen LogP contribution < -0.4 is 10.2 Å². The van der Waals surface area contributed by atoms with Crippen molar-refractivity contribution in [2.24, 2.45) is 0 Å². The van der Waals surface area contributed by atoms with Crippen molar-refractivity contribution in [1.29, 1.82) is 0 Å². The standard InChI is InChI=1S/C14H12N2O3/c1-16-11-5-4-10(7-9(11)8-13(16)17)15-14(18)12-3-2-6-19-12/h2-7H,8H2,1H3,(H,15,18). The van der Waals surface area contributed by atoms with Crippen LogP contribution in [0, 0.1) is 0 Å². The van der Waals surface area contributed by atoms with Crippen molar-refractivity contribution in [3.05, 3.63) is 47.9 Å². The van der Waals surface area contributed by atoms with E-state index in [1.807, 2.05) is 12.1 Å². The van der Waals surface area contributed by atoms with E-state index in [9.17, 15) is 9.59 Å². The summed E-state index contributed by atoms with van der Waals surface area (Å²) >= 11 is 0. The molecule has 0 saturated heterocycles. The van der Waals surface area contributed by atoms with E-state index in [1.165, 1.54) is 6.26 Å². The van der Waals surface area contributed by atoms with Crippen molar-refractivity contribution in [2.75, 3.05) is 17.3 Å². The molecule has 0 aliphatic carbocycles. The minimum Gasteiger partial charge on any atom is -0.459 e. The van der Waals surface area contributed by atoms with E-state index in [4.69, 9.17) is 4.42 Å². The molecule has 1 aliphatic heterocycles. The highest BCUT2D eigenvalue weighted by molar-refractivity contribution is 6.04. The van der Waals surface area contributed by atoms with Crippen LogP contribution in [0.5, 0.6) is 0 Å². The zero-order valence-corrected chi connectivity index (χ0v) is 10.3. The summed E-state index contributed by atoms with van der Waals surface area (Å²) in [7, 11) is 1.75. The average Bonchev–Trinajstić information content (AvgIpc) is 2.99. The third kappa shape index (κ3) is 1.99. The molecule has 0 bridgehead atoms. The minimum absolute atomic E-state index is 0.0597. The molecule has 0 radical (unpaired) electrons. The molecule has 1 aliphatic rings. The van der Waals surface area contributed by atoms with Crippen molar-refractivity contribution in [1.82, 2.24) is 0 Å². The Labute approximate surface area is 109 Å². The number of hydrogen-bond donors (Lipinski definition) is 1. The SMILES string of the molecule is CN1C(=O)Cc2cc(NC(=O)c3ccco3)ccc21. The Hall–Kier alpha value is -2.56. The molecule has 1 aromatic carbocycles. The third-order valence-electron chi connectivity index (χ3n) is 3.16. The van der Waals surface area contributed by atoms with Gasteiger partial charge in [-0.1, -0.05) is 0 Å². The maximum Gasteiger partial charge on any atom is 0.291 e. The number of nitrogens with zero attached hydrogens (tertiary/aromatic N) is 1. The van der Waals surface area contributed by atoms with Gasteiger partial charge in [0, 0.05) is 18.4 Å². The van der Waals surface area contributed by atoms with E-state index < -0.39 is 0 Å². The van der Waals surface area contributed by atoms with Gasteiger partial charge in [-0.2, -0.15) is 0 Å². The second-order valence-electron chi connectivity index (χ2n) is 4.40. The molecule has 1 N–H and O–H groups in total. The number of benzene rings is 1. The van der Waals surface area contributed by atoms with Gasteiger partial charge < -0.3 is 14.6 Å². The summed E-state index contributed by atoms with van der Waals surface area (Å²) in [5.41, 5.74) is 2.47. The summed E-state index contributed by atoms with van der Waals surface area (Å²) in [6, 6.07) is 8.68. The highest BCUT2D eigenvalue weighted by Gasteiger charge is 2.24. The molecule has 5 nitrogen and oxygen atoms in total. The number of nitrogens with one attached hydrogen (secondary N) is 1. The molecule has 5 heteroatoms. The Kier molecular flexibility index (Phi) is 2.59. The molecule has 0 unspecified atom stereocenters. The van der Waals surface area contributed by atoms with E-state index in [-0.39, 0.29) is 17.6 Å². The number of furan rings is 1. The number of carbonyl (C=O) groups is 2. The van der Waals surface area contributed by atoms with Crippen molar-refractivity contribution >= 4 is 23.2 Å². The molecular weight excluding hydrogens is 244 g/mol. The van der Waals surface area contributed by atoms with Crippen molar-refractivity contribution in [3.63, 3.8) is 0 Å². The van der Waals surface area contributed by atoms with Crippen LogP contribution in [-0.4, -0.2) is 18.9 Å². The minimum atomic E-state index is -0.303. The lowest BCUT2D eigenvalue weighted by Gasteiger charge is -2.10. The summed E-state index contributed by atoms with van der Waals surface area (Å²) in [6.45, 7) is 0. The molecule has 0 spiro atoms. The Morgan fingerprint density at radius 2 is 2.21 bits per heavy atom. The number of amides is 2. The number of fused-ring (bicyclic) bond motifs is 1. The second kappa shape index (κ2) is 4.28. The molecule has 96 valence electrons. The van der Waals surface area contributed by atoms with Gasteiger partial charge in [-0.3, -0.25) is 9.59 Å². The van der Waals surface area contributed by atoms with Crippen LogP contribution in [0.4, 0.5) is 11.4 Å². The lowest BCUT2D eigenvalue weighted by atomic mass is 10.1. The molecule has 0 saturated carbocycles. The summed E-state index contributed by atoms with van der Waals surface area (Å²) in [4.78, 5) is 25.0. The second-order valence-corrected chi connectivity index (χ2v) is 4.40. The molecule has 0 atom stereocenters. The van der Waals surface area contributed by atoms with E-state index in [1.54, 1.807) is 30.1 Å². The molecule has 2 heterocycles. The number of hydrogen-bond acceptors (Lipinski definition) is 3. The maximum atomic E-state index is 11.8. The van der Waals surface area contributed by atoms with Gasteiger partial charge in [0.05, 0.1) is 12.7 Å². The van der Waals surface area contributed by atoms with E-state index in [0.29, 0.717) is 12.1 Å². The van der Waals surface area contributed by atoms with Crippen LogP contribution in [0.25, 0.3) is 0 Å². The van der Waals surface area contributed by atoms with Crippen molar-refractivity contribution in [3.8, 4) is 0 Å². The van der Waals surface area contributed by atoms with Gasteiger partial charge in [0.1, 0.15) is 0 Å². The van der Waals surface area contributed by atoms with Gasteiger partial charge in [-0.15, -0.1) is 0 Å². The van der Waals surface area contributed by atoms with Gasteiger partial charge in [0.15, 0.2) is 5.76 Å². The largest absolute Gasteiger partial charge is 0.459 e. The van der Waals surface area contributed by atoms with Gasteiger partial charge in [0.2, 0.25) is 5.91 Å². The number of likely N-dealkylation sites (N-methyl/N-ethyl adjacent to an activating group) is 1. The lowest BCUT2D eigenvalue weighted by molar-refractivity contribution is -0.117. The van der Waals surface area contributed by atoms with Gasteiger partial charge in [-0.25, -0.2) is 0 Å². The zero-order valence-electron chi connectivity index (χ0n) is 10.3. The first-order valence-electron chi connectivity index (χ1n) is 5.89. The Morgan fingerprint density at radius 3 is 2.95 bits per heavy atom. The molecule has 2 amide bonds. The van der Waals surface area contributed by atoms with Gasteiger partial charge >= 0.3 is 0 Å². The zero-order chi connectivity index (χ0) is 13.4. The average molecular weight is 256 g/mol. The Morgan fingerprint density at radius 1 is 1.37 bits per heavy atom. The molecule has 0 fully saturated rings. The fraction of sp³-hybridized carbons (Fsp3) is 0.143. The normalized spacial score (nSPS) is 13.5. The molecule has 19 heavy (non-hydrogen) atoms. The van der Waals surface area contributed by atoms with E-state index in [2.05, 4.69) is 5.32 Å². The first kappa shape index (κ1) is 11.5. The Bertz CT molecular complexity index is 647. The van der Waals surface area contributed by atoms with Crippen LogP contribution in [0.3, 0.4) is 0 Å². The summed E-state index contributed by atoms with van der Waals surface area (Å²) < 4.78 is 5.02. The fourth-order valence-electron chi connectivity index (χ4n) is 2.15. The van der Waals surface area contributed by atoms with Crippen molar-refractivity contribution in [2.45, 2.75) is 6.42 Å². The predicted octanol–water partition coefficient (Wildman–Crippen LogP) is 2.05. The van der Waals surface area contributed by atoms with Crippen LogP contribution in [-0.2, 0) is 11.2 Å². The van der Waals surface area contributed by atoms with Crippen LogP contribution >= 0.6 is 0 Å². The maximum absolute atomic E-state index is 11.8. The lowest BCUT2D eigenvalue weighted by Crippen LogP contribution is -2.20. The monoisotopic (exact) mass is 256 g/mol. The van der Waals surface area contributed by atoms with Gasteiger partial charge in [-0.05, 0) is 35.9 Å². The number of rotatable bonds is 2. The van der Waals surface area contributed by atoms with Crippen molar-refractivity contribution < 1.29 is 14.0 Å². The topological polar surface area (TPSA) is 62.6 Å². The molecule has 3 rings (SSSR count). The Balaban J connectivity index is 1.83. The van der Waals surface area contributed by atoms with Gasteiger partial charge in [0.25, 0.3) is 5.91 Å². The highest BCUT2D eigenvalue weighted by atomic mass is 16.3. The van der Waals surface area contributed by atoms with Crippen LogP contribution in [0.15, 0.2) is 41.0 Å². The van der Waals surface area contributed by atoms with Crippen LogP contribution in [0.2, 0.25) is 0 Å². The first-order valence-corrected chi connectivity index (χ1v) is 5.89.